The minimum atomic E-state index is -4.64. The Morgan fingerprint density at radius 2 is 1.95 bits per heavy atom. The SMILES string of the molecule is CCCOCCCNC(=O)N(CC(=O)O)CC(F)(F)F. The van der Waals surface area contributed by atoms with Crippen molar-refractivity contribution >= 4 is 12.0 Å². The molecule has 0 unspecified atom stereocenters. The summed E-state index contributed by atoms with van der Waals surface area (Å²) in [5.74, 6) is -1.50. The smallest absolute Gasteiger partial charge is 0.406 e. The third kappa shape index (κ3) is 10.4. The number of urea groups is 1. The Morgan fingerprint density at radius 3 is 2.45 bits per heavy atom. The predicted molar refractivity (Wildman–Crippen MR) is 64.4 cm³/mol. The lowest BCUT2D eigenvalue weighted by molar-refractivity contribution is -0.148. The summed E-state index contributed by atoms with van der Waals surface area (Å²) in [6.07, 6.45) is -3.35. The number of carbonyl (C=O) groups excluding carboxylic acids is 1. The van der Waals surface area contributed by atoms with Gasteiger partial charge < -0.3 is 20.1 Å². The first-order valence-corrected chi connectivity index (χ1v) is 6.15. The van der Waals surface area contributed by atoms with Crippen LogP contribution in [-0.2, 0) is 9.53 Å². The van der Waals surface area contributed by atoms with Gasteiger partial charge in [-0.2, -0.15) is 13.2 Å². The second-order valence-electron chi connectivity index (χ2n) is 4.06. The topological polar surface area (TPSA) is 78.9 Å². The highest BCUT2D eigenvalue weighted by atomic mass is 19.4. The van der Waals surface area contributed by atoms with Crippen molar-refractivity contribution in [1.29, 1.82) is 0 Å². The summed E-state index contributed by atoms with van der Waals surface area (Å²) in [6.45, 7) is 0.411. The maximum Gasteiger partial charge on any atom is 0.406 e. The average molecular weight is 300 g/mol. The summed E-state index contributed by atoms with van der Waals surface area (Å²) in [7, 11) is 0. The van der Waals surface area contributed by atoms with E-state index in [-0.39, 0.29) is 11.4 Å². The third-order valence-corrected chi connectivity index (χ3v) is 2.07. The van der Waals surface area contributed by atoms with Crippen molar-refractivity contribution in [3.05, 3.63) is 0 Å². The van der Waals surface area contributed by atoms with Crippen LogP contribution < -0.4 is 5.32 Å². The van der Waals surface area contributed by atoms with E-state index in [1.54, 1.807) is 0 Å². The minimum Gasteiger partial charge on any atom is -0.480 e. The van der Waals surface area contributed by atoms with Gasteiger partial charge >= 0.3 is 18.2 Å². The molecule has 2 N–H and O–H groups in total. The van der Waals surface area contributed by atoms with Crippen LogP contribution in [0.1, 0.15) is 19.8 Å². The highest BCUT2D eigenvalue weighted by Gasteiger charge is 2.33. The van der Waals surface area contributed by atoms with E-state index in [0.717, 1.165) is 6.42 Å². The second kappa shape index (κ2) is 9.40. The van der Waals surface area contributed by atoms with Gasteiger partial charge in [0, 0.05) is 19.8 Å². The van der Waals surface area contributed by atoms with E-state index in [1.807, 2.05) is 6.92 Å². The van der Waals surface area contributed by atoms with Gasteiger partial charge in [0.2, 0.25) is 0 Å². The summed E-state index contributed by atoms with van der Waals surface area (Å²) in [5.41, 5.74) is 0. The lowest BCUT2D eigenvalue weighted by atomic mass is 10.4. The van der Waals surface area contributed by atoms with E-state index in [9.17, 15) is 22.8 Å². The molecule has 0 rings (SSSR count). The van der Waals surface area contributed by atoms with E-state index in [0.29, 0.717) is 19.6 Å². The molecule has 6 nitrogen and oxygen atoms in total. The number of carbonyl (C=O) groups is 2. The van der Waals surface area contributed by atoms with Crippen LogP contribution in [0.4, 0.5) is 18.0 Å². The van der Waals surface area contributed by atoms with Crippen LogP contribution in [0.3, 0.4) is 0 Å². The number of carboxylic acids is 1. The number of carboxylic acid groups (broad SMARTS) is 1. The lowest BCUT2D eigenvalue weighted by Crippen LogP contribution is -2.47. The zero-order chi connectivity index (χ0) is 15.6. The van der Waals surface area contributed by atoms with Crippen molar-refractivity contribution in [2.24, 2.45) is 0 Å². The average Bonchev–Trinajstić information content (AvgIpc) is 2.30. The number of halogens is 3. The van der Waals surface area contributed by atoms with E-state index in [2.05, 4.69) is 5.32 Å². The molecule has 9 heteroatoms. The molecule has 0 fully saturated rings. The molecule has 0 atom stereocenters. The van der Waals surface area contributed by atoms with E-state index >= 15 is 0 Å². The van der Waals surface area contributed by atoms with Crippen LogP contribution >= 0.6 is 0 Å². The Kier molecular flexibility index (Phi) is 8.69. The number of hydrogen-bond donors (Lipinski definition) is 2. The van der Waals surface area contributed by atoms with Gasteiger partial charge in [-0.3, -0.25) is 4.79 Å². The van der Waals surface area contributed by atoms with Crippen LogP contribution in [0, 0.1) is 0 Å². The fourth-order valence-corrected chi connectivity index (χ4v) is 1.31. The second-order valence-corrected chi connectivity index (χ2v) is 4.06. The summed E-state index contributed by atoms with van der Waals surface area (Å²) in [4.78, 5) is 22.1. The van der Waals surface area contributed by atoms with Gasteiger partial charge in [0.05, 0.1) is 0 Å². The first-order valence-electron chi connectivity index (χ1n) is 6.15. The Bertz CT molecular complexity index is 311. The molecule has 0 aliphatic rings. The molecule has 0 heterocycles. The van der Waals surface area contributed by atoms with Crippen LogP contribution in [0.15, 0.2) is 0 Å². The molecule has 0 spiro atoms. The Balaban J connectivity index is 4.11. The van der Waals surface area contributed by atoms with Crippen LogP contribution in [0.25, 0.3) is 0 Å². The fourth-order valence-electron chi connectivity index (χ4n) is 1.31. The number of aliphatic carboxylic acids is 1. The van der Waals surface area contributed by atoms with Gasteiger partial charge in [-0.15, -0.1) is 0 Å². The van der Waals surface area contributed by atoms with E-state index in [4.69, 9.17) is 9.84 Å². The zero-order valence-corrected chi connectivity index (χ0v) is 11.2. The summed E-state index contributed by atoms with van der Waals surface area (Å²) >= 11 is 0. The maximum absolute atomic E-state index is 12.2. The summed E-state index contributed by atoms with van der Waals surface area (Å²) < 4.78 is 41.8. The molecular weight excluding hydrogens is 281 g/mol. The van der Waals surface area contributed by atoms with Crippen molar-refractivity contribution < 1.29 is 32.6 Å². The highest BCUT2D eigenvalue weighted by Crippen LogP contribution is 2.16. The standard InChI is InChI=1S/C11H19F3N2O4/c1-2-5-20-6-3-4-15-10(19)16(7-9(17)18)8-11(12,13)14/h2-8H2,1H3,(H,15,19)(H,17,18). The third-order valence-electron chi connectivity index (χ3n) is 2.07. The predicted octanol–water partition coefficient (Wildman–Crippen LogP) is 1.46. The first kappa shape index (κ1) is 18.5. The summed E-state index contributed by atoms with van der Waals surface area (Å²) in [5, 5.41) is 10.7. The molecule has 0 bridgehead atoms. The van der Waals surface area contributed by atoms with Crippen LogP contribution in [0.5, 0.6) is 0 Å². The highest BCUT2D eigenvalue weighted by molar-refractivity contribution is 5.80. The summed E-state index contributed by atoms with van der Waals surface area (Å²) in [6, 6.07) is -1.06. The normalized spacial score (nSPS) is 11.2. The van der Waals surface area contributed by atoms with Crippen molar-refractivity contribution in [3.8, 4) is 0 Å². The molecule has 0 aliphatic carbocycles. The quantitative estimate of drug-likeness (QED) is 0.632. The molecule has 118 valence electrons. The largest absolute Gasteiger partial charge is 0.480 e. The number of amides is 2. The van der Waals surface area contributed by atoms with Gasteiger partial charge in [0.1, 0.15) is 13.1 Å². The molecule has 0 aliphatic heterocycles. The number of nitrogens with zero attached hydrogens (tertiary/aromatic N) is 1. The Labute approximate surface area is 114 Å². The van der Waals surface area contributed by atoms with Gasteiger partial charge in [0.15, 0.2) is 0 Å². The number of hydrogen-bond acceptors (Lipinski definition) is 3. The van der Waals surface area contributed by atoms with E-state index in [1.165, 1.54) is 0 Å². The molecule has 0 aromatic rings. The zero-order valence-electron chi connectivity index (χ0n) is 11.2. The molecule has 0 aromatic carbocycles. The molecule has 2 amide bonds. The first-order chi connectivity index (χ1) is 9.26. The van der Waals surface area contributed by atoms with Gasteiger partial charge in [-0.05, 0) is 12.8 Å². The Hall–Kier alpha value is -1.51. The minimum absolute atomic E-state index is 0.122. The Morgan fingerprint density at radius 1 is 1.30 bits per heavy atom. The molecule has 0 saturated carbocycles. The number of ether oxygens (including phenoxy) is 1. The fraction of sp³-hybridized carbons (Fsp3) is 0.818. The monoisotopic (exact) mass is 300 g/mol. The van der Waals surface area contributed by atoms with Crippen LogP contribution in [-0.4, -0.2) is 61.0 Å². The van der Waals surface area contributed by atoms with Crippen molar-refractivity contribution in [2.75, 3.05) is 32.8 Å². The molecule has 0 radical (unpaired) electrons. The molecule has 0 saturated heterocycles. The number of rotatable bonds is 9. The van der Waals surface area contributed by atoms with Gasteiger partial charge in [-0.1, -0.05) is 6.92 Å². The van der Waals surface area contributed by atoms with Crippen molar-refractivity contribution in [2.45, 2.75) is 25.9 Å². The van der Waals surface area contributed by atoms with Gasteiger partial charge in [-0.25, -0.2) is 4.79 Å². The lowest BCUT2D eigenvalue weighted by Gasteiger charge is -2.22. The molecule has 20 heavy (non-hydrogen) atoms. The molecular formula is C11H19F3N2O4. The number of nitrogens with one attached hydrogen (secondary N) is 1. The molecule has 0 aromatic heterocycles. The van der Waals surface area contributed by atoms with Crippen molar-refractivity contribution in [3.63, 3.8) is 0 Å². The number of alkyl halides is 3. The van der Waals surface area contributed by atoms with E-state index < -0.39 is 31.3 Å². The van der Waals surface area contributed by atoms with Crippen LogP contribution in [0.2, 0.25) is 0 Å². The van der Waals surface area contributed by atoms with Crippen molar-refractivity contribution in [1.82, 2.24) is 10.2 Å². The maximum atomic E-state index is 12.2. The van der Waals surface area contributed by atoms with Gasteiger partial charge in [0.25, 0.3) is 0 Å².